The van der Waals surface area contributed by atoms with Gasteiger partial charge in [-0.25, -0.2) is 0 Å². The number of thioether (sulfide) groups is 2. The van der Waals surface area contributed by atoms with E-state index in [0.29, 0.717) is 0 Å². The van der Waals surface area contributed by atoms with E-state index in [1.807, 2.05) is 35.7 Å². The summed E-state index contributed by atoms with van der Waals surface area (Å²) in [4.78, 5) is 2.65. The molecule has 0 bridgehead atoms. The van der Waals surface area contributed by atoms with Gasteiger partial charge in [0.2, 0.25) is 0 Å². The van der Waals surface area contributed by atoms with Gasteiger partial charge in [-0.05, 0) is 45.2 Å². The minimum absolute atomic E-state index is 0.938. The zero-order chi connectivity index (χ0) is 20.8. The fourth-order valence-electron chi connectivity index (χ4n) is 3.50. The molecule has 0 aliphatic heterocycles. The van der Waals surface area contributed by atoms with Gasteiger partial charge < -0.3 is 0 Å². The Morgan fingerprint density at radius 3 is 2.00 bits per heavy atom. The van der Waals surface area contributed by atoms with Crippen molar-refractivity contribution in [1.29, 1.82) is 0 Å². The van der Waals surface area contributed by atoms with Crippen molar-refractivity contribution in [1.82, 2.24) is 0 Å². The van der Waals surface area contributed by atoms with Gasteiger partial charge in [0.25, 0.3) is 0 Å². The minimum atomic E-state index is 0.938. The van der Waals surface area contributed by atoms with Gasteiger partial charge in [-0.3, -0.25) is 0 Å². The lowest BCUT2D eigenvalue weighted by molar-refractivity contribution is 1.37. The Bertz CT molecular complexity index is 1190. The quantitative estimate of drug-likeness (QED) is 0.259. The van der Waals surface area contributed by atoms with Crippen molar-refractivity contribution in [2.45, 2.75) is 21.3 Å². The molecule has 0 unspecified atom stereocenters. The molecule has 0 heterocycles. The summed E-state index contributed by atoms with van der Waals surface area (Å²) in [5.74, 6) is 1.89. The van der Waals surface area contributed by atoms with Crippen molar-refractivity contribution < 1.29 is 0 Å². The fraction of sp³-hybridized carbons (Fsp3) is 0.0714. The van der Waals surface area contributed by atoms with Crippen LogP contribution in [0.2, 0.25) is 0 Å². The molecule has 30 heavy (non-hydrogen) atoms. The van der Waals surface area contributed by atoms with E-state index in [1.54, 1.807) is 0 Å². The molecule has 0 aliphatic carbocycles. The molecule has 0 aliphatic rings. The molecular weight excluding hydrogens is 400 g/mol. The summed E-state index contributed by atoms with van der Waals surface area (Å²) in [7, 11) is 0. The highest BCUT2D eigenvalue weighted by Gasteiger charge is 2.08. The van der Waals surface area contributed by atoms with E-state index in [1.165, 1.54) is 42.8 Å². The third-order valence-corrected chi connectivity index (χ3v) is 7.35. The SMILES string of the molecule is C=Cc1cccc(CSc2cccc3c(SCc4ccccc4C=C)cccc23)c1. The van der Waals surface area contributed by atoms with Gasteiger partial charge in [-0.1, -0.05) is 98.1 Å². The van der Waals surface area contributed by atoms with Crippen molar-refractivity contribution in [2.75, 3.05) is 0 Å². The van der Waals surface area contributed by atoms with E-state index >= 15 is 0 Å². The smallest absolute Gasteiger partial charge is 0.0238 e. The molecule has 4 aromatic carbocycles. The Morgan fingerprint density at radius 1 is 0.633 bits per heavy atom. The zero-order valence-electron chi connectivity index (χ0n) is 16.9. The molecule has 0 nitrogen and oxygen atoms in total. The third-order valence-electron chi connectivity index (χ3n) is 5.08. The first kappa shape index (κ1) is 20.6. The minimum Gasteiger partial charge on any atom is -0.121 e. The fourth-order valence-corrected chi connectivity index (χ4v) is 5.59. The van der Waals surface area contributed by atoms with Crippen LogP contribution >= 0.6 is 23.5 Å². The van der Waals surface area contributed by atoms with E-state index in [2.05, 4.69) is 98.1 Å². The Labute approximate surface area is 187 Å². The second-order valence-corrected chi connectivity index (χ2v) is 9.07. The van der Waals surface area contributed by atoms with E-state index in [9.17, 15) is 0 Å². The lowest BCUT2D eigenvalue weighted by Gasteiger charge is -2.11. The molecule has 0 radical (unpaired) electrons. The van der Waals surface area contributed by atoms with Crippen LogP contribution in [0.25, 0.3) is 22.9 Å². The van der Waals surface area contributed by atoms with Gasteiger partial charge in [-0.2, -0.15) is 0 Å². The summed E-state index contributed by atoms with van der Waals surface area (Å²) in [6, 6.07) is 30.3. The van der Waals surface area contributed by atoms with E-state index in [-0.39, 0.29) is 0 Å². The van der Waals surface area contributed by atoms with E-state index in [0.717, 1.165) is 11.5 Å². The Kier molecular flexibility index (Phi) is 6.78. The molecule has 0 saturated carbocycles. The van der Waals surface area contributed by atoms with Crippen molar-refractivity contribution in [3.8, 4) is 0 Å². The molecule has 4 rings (SSSR count). The molecule has 148 valence electrons. The maximum atomic E-state index is 3.95. The number of hydrogen-bond acceptors (Lipinski definition) is 2. The topological polar surface area (TPSA) is 0 Å². The molecule has 0 aromatic heterocycles. The Morgan fingerprint density at radius 2 is 1.30 bits per heavy atom. The molecule has 0 N–H and O–H groups in total. The maximum absolute atomic E-state index is 3.95. The monoisotopic (exact) mass is 424 g/mol. The van der Waals surface area contributed by atoms with Crippen LogP contribution in [-0.4, -0.2) is 0 Å². The van der Waals surface area contributed by atoms with Crippen molar-refractivity contribution >= 4 is 46.4 Å². The maximum Gasteiger partial charge on any atom is 0.0238 e. The van der Waals surface area contributed by atoms with Gasteiger partial charge in [-0.15, -0.1) is 23.5 Å². The number of rotatable bonds is 8. The number of benzene rings is 4. The summed E-state index contributed by atoms with van der Waals surface area (Å²) in [6.07, 6.45) is 3.84. The average molecular weight is 425 g/mol. The molecule has 2 heteroatoms. The highest BCUT2D eigenvalue weighted by atomic mass is 32.2. The summed E-state index contributed by atoms with van der Waals surface area (Å²) in [5, 5.41) is 2.65. The summed E-state index contributed by atoms with van der Waals surface area (Å²) < 4.78 is 0. The van der Waals surface area contributed by atoms with Crippen LogP contribution in [-0.2, 0) is 11.5 Å². The number of hydrogen-bond donors (Lipinski definition) is 0. The van der Waals surface area contributed by atoms with Gasteiger partial charge >= 0.3 is 0 Å². The summed E-state index contributed by atoms with van der Waals surface area (Å²) >= 11 is 3.79. The van der Waals surface area contributed by atoms with Crippen LogP contribution in [0.4, 0.5) is 0 Å². The molecule has 0 spiro atoms. The van der Waals surface area contributed by atoms with E-state index in [4.69, 9.17) is 0 Å². The van der Waals surface area contributed by atoms with E-state index < -0.39 is 0 Å². The van der Waals surface area contributed by atoms with Gasteiger partial charge in [0.05, 0.1) is 0 Å². The first-order chi connectivity index (χ1) is 14.8. The highest BCUT2D eigenvalue weighted by Crippen LogP contribution is 2.36. The van der Waals surface area contributed by atoms with Crippen molar-refractivity contribution in [2.24, 2.45) is 0 Å². The Hall–Kier alpha value is -2.68. The van der Waals surface area contributed by atoms with Crippen LogP contribution < -0.4 is 0 Å². The summed E-state index contributed by atoms with van der Waals surface area (Å²) in [6.45, 7) is 7.82. The lowest BCUT2D eigenvalue weighted by Crippen LogP contribution is -1.87. The van der Waals surface area contributed by atoms with Gasteiger partial charge in [0.1, 0.15) is 0 Å². The highest BCUT2D eigenvalue weighted by molar-refractivity contribution is 7.99. The molecular formula is C28H24S2. The second kappa shape index (κ2) is 9.88. The van der Waals surface area contributed by atoms with Gasteiger partial charge in [0, 0.05) is 21.3 Å². The van der Waals surface area contributed by atoms with Crippen LogP contribution in [0.1, 0.15) is 22.3 Å². The largest absolute Gasteiger partial charge is 0.121 e. The molecule has 0 fully saturated rings. The van der Waals surface area contributed by atoms with Crippen LogP contribution in [0.15, 0.2) is 108 Å². The lowest BCUT2D eigenvalue weighted by atomic mass is 10.1. The first-order valence-corrected chi connectivity index (χ1v) is 11.9. The average Bonchev–Trinajstić information content (AvgIpc) is 2.81. The molecule has 0 saturated heterocycles. The van der Waals surface area contributed by atoms with Crippen LogP contribution in [0.5, 0.6) is 0 Å². The summed E-state index contributed by atoms with van der Waals surface area (Å²) in [5.41, 5.74) is 5.02. The standard InChI is InChI=1S/C28H24S2/c1-3-21-10-7-11-22(18-21)19-29-27-16-8-15-26-25(27)14-9-17-28(26)30-20-24-13-6-5-12-23(24)4-2/h3-18H,1-2,19-20H2. The molecule has 0 atom stereocenters. The number of fused-ring (bicyclic) bond motifs is 1. The third kappa shape index (κ3) is 4.72. The predicted octanol–water partition coefficient (Wildman–Crippen LogP) is 8.71. The molecule has 0 amide bonds. The Balaban J connectivity index is 1.56. The molecule has 4 aromatic rings. The normalized spacial score (nSPS) is 10.8. The van der Waals surface area contributed by atoms with Crippen LogP contribution in [0, 0.1) is 0 Å². The first-order valence-electron chi connectivity index (χ1n) is 9.97. The second-order valence-electron chi connectivity index (χ2n) is 7.04. The zero-order valence-corrected chi connectivity index (χ0v) is 18.5. The predicted molar refractivity (Wildman–Crippen MR) is 136 cm³/mol. The van der Waals surface area contributed by atoms with Crippen LogP contribution in [0.3, 0.4) is 0 Å². The van der Waals surface area contributed by atoms with Crippen molar-refractivity contribution in [3.05, 3.63) is 120 Å². The van der Waals surface area contributed by atoms with Gasteiger partial charge in [0.15, 0.2) is 0 Å². The van der Waals surface area contributed by atoms with Crippen molar-refractivity contribution in [3.63, 3.8) is 0 Å².